The second-order valence-corrected chi connectivity index (χ2v) is 7.57. The summed E-state index contributed by atoms with van der Waals surface area (Å²) < 4.78 is 0. The molecule has 1 aromatic carbocycles. The number of benzene rings is 1. The third-order valence-electron chi connectivity index (χ3n) is 6.08. The van der Waals surface area contributed by atoms with E-state index in [-0.39, 0.29) is 0 Å². The normalized spacial score (nSPS) is 26.2. The maximum atomic E-state index is 4.69. The van der Waals surface area contributed by atoms with Crippen LogP contribution in [0.3, 0.4) is 0 Å². The molecule has 4 heterocycles. The molecule has 128 valence electrons. The zero-order valence-electron chi connectivity index (χ0n) is 14.6. The summed E-state index contributed by atoms with van der Waals surface area (Å²) in [6.07, 6.45) is 9.17. The maximum Gasteiger partial charge on any atom is 0.0704 e. The van der Waals surface area contributed by atoms with Gasteiger partial charge in [-0.3, -0.25) is 4.98 Å². The lowest BCUT2D eigenvalue weighted by Gasteiger charge is -2.37. The lowest BCUT2D eigenvalue weighted by molar-refractivity contribution is 0.169. The first kappa shape index (κ1) is 15.0. The number of hydrogen-bond donors (Lipinski definition) is 2. The molecular formula is C21H24N4. The summed E-state index contributed by atoms with van der Waals surface area (Å²) in [7, 11) is 2.29. The number of hydrogen-bond acceptors (Lipinski definition) is 3. The van der Waals surface area contributed by atoms with Crippen LogP contribution >= 0.6 is 0 Å². The van der Waals surface area contributed by atoms with E-state index in [2.05, 4.69) is 63.6 Å². The molecule has 2 N–H and O–H groups in total. The Morgan fingerprint density at radius 1 is 1.08 bits per heavy atom. The number of anilines is 1. The van der Waals surface area contributed by atoms with Crippen LogP contribution in [0.1, 0.15) is 25.7 Å². The van der Waals surface area contributed by atoms with Crippen molar-refractivity contribution in [1.29, 1.82) is 0 Å². The molecule has 3 atom stereocenters. The number of aromatic nitrogens is 2. The predicted octanol–water partition coefficient (Wildman–Crippen LogP) is 4.27. The van der Waals surface area contributed by atoms with Crippen LogP contribution in [0.4, 0.5) is 5.69 Å². The molecule has 0 spiro atoms. The van der Waals surface area contributed by atoms with Crippen LogP contribution in [0.5, 0.6) is 0 Å². The summed E-state index contributed by atoms with van der Waals surface area (Å²) in [6.45, 7) is 0. The molecule has 2 bridgehead atoms. The Hall–Kier alpha value is -2.33. The Labute approximate surface area is 148 Å². The molecule has 2 aliphatic rings. The molecule has 0 aliphatic carbocycles. The fourth-order valence-corrected chi connectivity index (χ4v) is 4.62. The molecule has 0 radical (unpaired) electrons. The zero-order chi connectivity index (χ0) is 16.8. The number of fused-ring (bicyclic) bond motifs is 3. The maximum absolute atomic E-state index is 4.69. The van der Waals surface area contributed by atoms with Gasteiger partial charge in [-0.25, -0.2) is 0 Å². The number of rotatable bonds is 3. The van der Waals surface area contributed by atoms with Crippen molar-refractivity contribution in [3.05, 3.63) is 48.8 Å². The smallest absolute Gasteiger partial charge is 0.0704 e. The number of H-pyrrole nitrogens is 1. The molecule has 2 aromatic heterocycles. The Bertz CT molecular complexity index is 868. The van der Waals surface area contributed by atoms with E-state index in [4.69, 9.17) is 0 Å². The summed E-state index contributed by atoms with van der Waals surface area (Å²) in [5.74, 6) is 0. The summed E-state index contributed by atoms with van der Waals surface area (Å²) >= 11 is 0. The van der Waals surface area contributed by atoms with Gasteiger partial charge < -0.3 is 15.2 Å². The highest BCUT2D eigenvalue weighted by Crippen LogP contribution is 2.35. The van der Waals surface area contributed by atoms with Gasteiger partial charge >= 0.3 is 0 Å². The first-order valence-electron chi connectivity index (χ1n) is 9.28. The average Bonchev–Trinajstić information content (AvgIpc) is 3.16. The van der Waals surface area contributed by atoms with Crippen molar-refractivity contribution < 1.29 is 0 Å². The minimum absolute atomic E-state index is 0.580. The topological polar surface area (TPSA) is 44.0 Å². The van der Waals surface area contributed by atoms with Crippen LogP contribution in [0, 0.1) is 0 Å². The van der Waals surface area contributed by atoms with Crippen LogP contribution in [0.15, 0.2) is 48.8 Å². The predicted molar refractivity (Wildman–Crippen MR) is 103 cm³/mol. The minimum Gasteiger partial charge on any atom is -0.381 e. The second kappa shape index (κ2) is 5.88. The molecular weight excluding hydrogens is 308 g/mol. The van der Waals surface area contributed by atoms with Gasteiger partial charge in [-0.15, -0.1) is 0 Å². The SMILES string of the molecule is CN1[C@@H]2CC[C@H]1CC(Nc1ccc(-c3ccc4cc[nH]c4c3)nc1)C2. The van der Waals surface area contributed by atoms with E-state index in [0.29, 0.717) is 6.04 Å². The van der Waals surface area contributed by atoms with E-state index in [1.807, 2.05) is 12.4 Å². The van der Waals surface area contributed by atoms with E-state index in [9.17, 15) is 0 Å². The molecule has 0 amide bonds. The van der Waals surface area contributed by atoms with E-state index in [1.165, 1.54) is 31.1 Å². The van der Waals surface area contributed by atoms with Crippen molar-refractivity contribution in [2.75, 3.05) is 12.4 Å². The van der Waals surface area contributed by atoms with Crippen LogP contribution in [-0.4, -0.2) is 40.0 Å². The Morgan fingerprint density at radius 3 is 2.68 bits per heavy atom. The molecule has 2 saturated heterocycles. The van der Waals surface area contributed by atoms with Gasteiger partial charge in [0.15, 0.2) is 0 Å². The number of nitrogens with one attached hydrogen (secondary N) is 2. The van der Waals surface area contributed by atoms with Crippen LogP contribution < -0.4 is 5.32 Å². The number of nitrogens with zero attached hydrogens (tertiary/aromatic N) is 2. The third-order valence-corrected chi connectivity index (χ3v) is 6.08. The summed E-state index contributed by atoms with van der Waals surface area (Å²) in [6, 6.07) is 14.9. The van der Waals surface area contributed by atoms with Gasteiger partial charge in [-0.2, -0.15) is 0 Å². The van der Waals surface area contributed by atoms with E-state index < -0.39 is 0 Å². The van der Waals surface area contributed by atoms with Crippen molar-refractivity contribution in [3.63, 3.8) is 0 Å². The van der Waals surface area contributed by atoms with Crippen LogP contribution in [0.2, 0.25) is 0 Å². The van der Waals surface area contributed by atoms with Crippen molar-refractivity contribution in [2.24, 2.45) is 0 Å². The average molecular weight is 332 g/mol. The Morgan fingerprint density at radius 2 is 1.92 bits per heavy atom. The van der Waals surface area contributed by atoms with E-state index in [0.717, 1.165) is 34.5 Å². The molecule has 25 heavy (non-hydrogen) atoms. The quantitative estimate of drug-likeness (QED) is 0.753. The highest BCUT2D eigenvalue weighted by molar-refractivity contribution is 5.84. The molecule has 1 unspecified atom stereocenters. The van der Waals surface area contributed by atoms with Crippen molar-refractivity contribution in [3.8, 4) is 11.3 Å². The first-order valence-corrected chi connectivity index (χ1v) is 9.28. The van der Waals surface area contributed by atoms with Crippen molar-refractivity contribution in [2.45, 2.75) is 43.8 Å². The van der Waals surface area contributed by atoms with Crippen molar-refractivity contribution in [1.82, 2.24) is 14.9 Å². The summed E-state index contributed by atoms with van der Waals surface area (Å²) in [5.41, 5.74) is 4.46. The lowest BCUT2D eigenvalue weighted by Crippen LogP contribution is -2.44. The molecule has 2 aliphatic heterocycles. The van der Waals surface area contributed by atoms with Gasteiger partial charge in [-0.05, 0) is 62.4 Å². The lowest BCUT2D eigenvalue weighted by atomic mass is 9.98. The Kier molecular flexibility index (Phi) is 3.52. The van der Waals surface area contributed by atoms with Gasteiger partial charge in [0.1, 0.15) is 0 Å². The van der Waals surface area contributed by atoms with Crippen molar-refractivity contribution >= 4 is 16.6 Å². The molecule has 0 saturated carbocycles. The summed E-state index contributed by atoms with van der Waals surface area (Å²) in [5, 5.41) is 4.95. The monoisotopic (exact) mass is 332 g/mol. The van der Waals surface area contributed by atoms with Gasteiger partial charge in [0.2, 0.25) is 0 Å². The van der Waals surface area contributed by atoms with Crippen LogP contribution in [-0.2, 0) is 0 Å². The van der Waals surface area contributed by atoms with E-state index in [1.54, 1.807) is 0 Å². The fourth-order valence-electron chi connectivity index (χ4n) is 4.62. The van der Waals surface area contributed by atoms with Gasteiger partial charge in [0, 0.05) is 35.4 Å². The summed E-state index contributed by atoms with van der Waals surface area (Å²) in [4.78, 5) is 10.5. The van der Waals surface area contributed by atoms with E-state index >= 15 is 0 Å². The number of aromatic amines is 1. The zero-order valence-corrected chi connectivity index (χ0v) is 14.6. The van der Waals surface area contributed by atoms with Gasteiger partial charge in [0.25, 0.3) is 0 Å². The van der Waals surface area contributed by atoms with Crippen LogP contribution in [0.25, 0.3) is 22.2 Å². The third kappa shape index (κ3) is 2.71. The first-order chi connectivity index (χ1) is 12.3. The fraction of sp³-hybridized carbons (Fsp3) is 0.381. The molecule has 5 rings (SSSR count). The molecule has 4 heteroatoms. The van der Waals surface area contributed by atoms with Gasteiger partial charge in [-0.1, -0.05) is 12.1 Å². The highest BCUT2D eigenvalue weighted by Gasteiger charge is 2.38. The minimum atomic E-state index is 0.580. The number of piperidine rings is 1. The largest absolute Gasteiger partial charge is 0.381 e. The standard InChI is InChI=1S/C21H24N4/c1-25-18-5-6-19(25)12-17(11-18)24-16-4-7-20(23-13-16)15-3-2-14-8-9-22-21(14)10-15/h2-4,7-10,13,17-19,22,24H,5-6,11-12H2,1H3/t17?,18-,19+. The molecule has 4 nitrogen and oxygen atoms in total. The molecule has 2 fully saturated rings. The second-order valence-electron chi connectivity index (χ2n) is 7.57. The number of pyridine rings is 1. The Balaban J connectivity index is 1.31. The highest BCUT2D eigenvalue weighted by atomic mass is 15.2. The molecule has 3 aromatic rings. The van der Waals surface area contributed by atoms with Gasteiger partial charge in [0.05, 0.1) is 17.6 Å².